The maximum atomic E-state index is 8.28. The van der Waals surface area contributed by atoms with Crippen molar-refractivity contribution in [2.45, 2.75) is 19.3 Å². The van der Waals surface area contributed by atoms with E-state index in [1.165, 1.54) is 0 Å². The average Bonchev–Trinajstić information content (AvgIpc) is 2.19. The Morgan fingerprint density at radius 2 is 2.08 bits per heavy atom. The monoisotopic (exact) mass is 178 g/mol. The second-order valence-corrected chi connectivity index (χ2v) is 2.55. The van der Waals surface area contributed by atoms with Gasteiger partial charge >= 0.3 is 0 Å². The maximum absolute atomic E-state index is 8.28. The van der Waals surface area contributed by atoms with Gasteiger partial charge in [0.2, 0.25) is 12.4 Å². The molecule has 0 amide bonds. The van der Waals surface area contributed by atoms with Crippen LogP contribution in [0.5, 0.6) is 0 Å². The van der Waals surface area contributed by atoms with E-state index >= 15 is 0 Å². The third-order valence-electron chi connectivity index (χ3n) is 1.52. The molecule has 0 fully saturated rings. The van der Waals surface area contributed by atoms with Crippen LogP contribution in [-0.2, 0) is 0 Å². The number of nitriles is 1. The number of aromatic nitrogens is 2. The summed E-state index contributed by atoms with van der Waals surface area (Å²) in [6.07, 6.45) is 9.20. The van der Waals surface area contributed by atoms with E-state index in [-0.39, 0.29) is 0 Å². The van der Waals surface area contributed by atoms with Gasteiger partial charge in [-0.3, -0.25) is 9.82 Å². The van der Waals surface area contributed by atoms with Gasteiger partial charge in [0.25, 0.3) is 0 Å². The highest BCUT2D eigenvalue weighted by atomic mass is 16.7. The molecule has 0 aliphatic rings. The first-order valence-corrected chi connectivity index (χ1v) is 4.25. The summed E-state index contributed by atoms with van der Waals surface area (Å²) < 4.78 is 1.61. The highest BCUT2D eigenvalue weighted by molar-refractivity contribution is 4.67. The minimum absolute atomic E-state index is 0.602. The van der Waals surface area contributed by atoms with Crippen molar-refractivity contribution in [3.63, 3.8) is 0 Å². The van der Waals surface area contributed by atoms with E-state index in [1.54, 1.807) is 29.5 Å². The molecule has 4 heteroatoms. The molecule has 0 saturated heterocycles. The molecule has 0 aromatic carbocycles. The minimum Gasteiger partial charge on any atom is -0.271 e. The van der Waals surface area contributed by atoms with Gasteiger partial charge in [-0.15, -0.1) is 0 Å². The molecule has 1 aromatic rings. The fraction of sp³-hybridized carbons (Fsp3) is 0.444. The van der Waals surface area contributed by atoms with E-state index in [0.717, 1.165) is 12.8 Å². The van der Waals surface area contributed by atoms with Crippen molar-refractivity contribution in [3.8, 4) is 6.07 Å². The lowest BCUT2D eigenvalue weighted by atomic mass is 10.3. The van der Waals surface area contributed by atoms with E-state index in [0.29, 0.717) is 13.0 Å². The lowest BCUT2D eigenvalue weighted by molar-refractivity contribution is -0.891. The van der Waals surface area contributed by atoms with Crippen LogP contribution in [0.3, 0.4) is 0 Å². The molecular formula is C9H12N3O+. The number of nitrogens with zero attached hydrogens (tertiary/aromatic N) is 3. The first-order chi connectivity index (χ1) is 6.43. The summed E-state index contributed by atoms with van der Waals surface area (Å²) in [6, 6.07) is 2.09. The highest BCUT2D eigenvalue weighted by Crippen LogP contribution is 1.90. The fourth-order valence-corrected chi connectivity index (χ4v) is 0.870. The van der Waals surface area contributed by atoms with Crippen LogP contribution >= 0.6 is 0 Å². The number of rotatable bonds is 5. The van der Waals surface area contributed by atoms with E-state index in [2.05, 4.69) is 11.1 Å². The molecule has 4 nitrogen and oxygen atoms in total. The van der Waals surface area contributed by atoms with Gasteiger partial charge in [0.05, 0.1) is 18.5 Å². The van der Waals surface area contributed by atoms with Crippen molar-refractivity contribution < 1.29 is 9.57 Å². The quantitative estimate of drug-likeness (QED) is 0.487. The van der Waals surface area contributed by atoms with Crippen LogP contribution in [0.4, 0.5) is 0 Å². The standard InChI is InChI=1S/C9H12N3O/c10-4-2-1-3-9-13-12-7-5-11-6-8-12/h5-8H,1-3,9H2/q+1. The molecule has 0 bridgehead atoms. The summed E-state index contributed by atoms with van der Waals surface area (Å²) in [6.45, 7) is 0.635. The Labute approximate surface area is 77.4 Å². The average molecular weight is 178 g/mol. The van der Waals surface area contributed by atoms with Crippen LogP contribution in [0.15, 0.2) is 24.8 Å². The van der Waals surface area contributed by atoms with Gasteiger partial charge < -0.3 is 0 Å². The predicted molar refractivity (Wildman–Crippen MR) is 45.3 cm³/mol. The molecule has 0 unspecified atom stereocenters. The number of hydrogen-bond acceptors (Lipinski definition) is 3. The molecule has 1 rings (SSSR count). The number of hydrogen-bond donors (Lipinski definition) is 0. The van der Waals surface area contributed by atoms with Crippen LogP contribution in [0.2, 0.25) is 0 Å². The summed E-state index contributed by atoms with van der Waals surface area (Å²) in [5, 5.41) is 8.28. The highest BCUT2D eigenvalue weighted by Gasteiger charge is 1.97. The van der Waals surface area contributed by atoms with Crippen LogP contribution < -0.4 is 9.57 Å². The van der Waals surface area contributed by atoms with Crippen molar-refractivity contribution in [3.05, 3.63) is 24.8 Å². The van der Waals surface area contributed by atoms with E-state index < -0.39 is 0 Å². The zero-order valence-electron chi connectivity index (χ0n) is 7.39. The van der Waals surface area contributed by atoms with Crippen LogP contribution in [0, 0.1) is 11.3 Å². The van der Waals surface area contributed by atoms with Crippen LogP contribution in [0.1, 0.15) is 19.3 Å². The lowest BCUT2D eigenvalue weighted by Gasteiger charge is -1.95. The molecule has 1 heterocycles. The van der Waals surface area contributed by atoms with Gasteiger partial charge in [0.15, 0.2) is 6.61 Å². The molecule has 0 saturated carbocycles. The second-order valence-electron chi connectivity index (χ2n) is 2.55. The van der Waals surface area contributed by atoms with E-state index in [1.807, 2.05) is 0 Å². The molecule has 0 radical (unpaired) electrons. The molecule has 0 spiro atoms. The van der Waals surface area contributed by atoms with Gasteiger partial charge in [0, 0.05) is 11.2 Å². The second kappa shape index (κ2) is 5.95. The molecule has 0 aliphatic carbocycles. The van der Waals surface area contributed by atoms with Gasteiger partial charge in [0.1, 0.15) is 0 Å². The predicted octanol–water partition coefficient (Wildman–Crippen LogP) is 0.492. The Bertz CT molecular complexity index is 268. The van der Waals surface area contributed by atoms with Gasteiger partial charge in [-0.25, -0.2) is 0 Å². The summed E-state index contributed by atoms with van der Waals surface area (Å²) >= 11 is 0. The summed E-state index contributed by atoms with van der Waals surface area (Å²) in [7, 11) is 0. The molecule has 68 valence electrons. The molecule has 13 heavy (non-hydrogen) atoms. The first kappa shape index (κ1) is 9.46. The van der Waals surface area contributed by atoms with Crippen molar-refractivity contribution in [1.29, 1.82) is 5.26 Å². The maximum Gasteiger partial charge on any atom is 0.240 e. The first-order valence-electron chi connectivity index (χ1n) is 4.25. The Morgan fingerprint density at radius 1 is 1.31 bits per heavy atom. The van der Waals surface area contributed by atoms with E-state index in [4.69, 9.17) is 10.1 Å². The summed E-state index contributed by atoms with van der Waals surface area (Å²) in [5.41, 5.74) is 0. The smallest absolute Gasteiger partial charge is 0.240 e. The molecule has 0 N–H and O–H groups in total. The Morgan fingerprint density at radius 3 is 2.77 bits per heavy atom. The Balaban J connectivity index is 2.11. The van der Waals surface area contributed by atoms with E-state index in [9.17, 15) is 0 Å². The third kappa shape index (κ3) is 4.06. The summed E-state index contributed by atoms with van der Waals surface area (Å²) in [5.74, 6) is 0. The SMILES string of the molecule is N#CCCCCO[n+]1ccncc1. The van der Waals surface area contributed by atoms with Crippen molar-refractivity contribution >= 4 is 0 Å². The van der Waals surface area contributed by atoms with Crippen molar-refractivity contribution in [1.82, 2.24) is 4.98 Å². The zero-order chi connectivity index (χ0) is 9.36. The van der Waals surface area contributed by atoms with Crippen LogP contribution in [0.25, 0.3) is 0 Å². The molecule has 0 atom stereocenters. The van der Waals surface area contributed by atoms with Gasteiger partial charge in [-0.1, -0.05) is 0 Å². The third-order valence-corrected chi connectivity index (χ3v) is 1.52. The topological polar surface area (TPSA) is 49.8 Å². The van der Waals surface area contributed by atoms with Crippen molar-refractivity contribution in [2.75, 3.05) is 6.61 Å². The number of unbranched alkanes of at least 4 members (excludes halogenated alkanes) is 2. The Kier molecular flexibility index (Phi) is 4.33. The Hall–Kier alpha value is -1.63. The molecular weight excluding hydrogens is 166 g/mol. The van der Waals surface area contributed by atoms with Crippen molar-refractivity contribution in [2.24, 2.45) is 0 Å². The summed E-state index contributed by atoms with van der Waals surface area (Å²) in [4.78, 5) is 9.18. The van der Waals surface area contributed by atoms with Gasteiger partial charge in [-0.05, 0) is 12.8 Å². The lowest BCUT2D eigenvalue weighted by Crippen LogP contribution is -2.42. The minimum atomic E-state index is 0.602. The van der Waals surface area contributed by atoms with Crippen LogP contribution in [-0.4, -0.2) is 11.6 Å². The normalized spacial score (nSPS) is 9.15. The zero-order valence-corrected chi connectivity index (χ0v) is 7.39. The molecule has 1 aromatic heterocycles. The van der Waals surface area contributed by atoms with Gasteiger partial charge in [-0.2, -0.15) is 5.26 Å². The fourth-order valence-electron chi connectivity index (χ4n) is 0.870. The largest absolute Gasteiger partial charge is 0.271 e. The molecule has 0 aliphatic heterocycles.